The van der Waals surface area contributed by atoms with Crippen LogP contribution in [0, 0.1) is 58.2 Å². The molecule has 0 bridgehead atoms. The third-order valence-electron chi connectivity index (χ3n) is 12.3. The number of hydrogen-bond donors (Lipinski definition) is 3. The zero-order valence-corrected chi connectivity index (χ0v) is 24.1. The zero-order valence-electron chi connectivity index (χ0n) is 24.1. The summed E-state index contributed by atoms with van der Waals surface area (Å²) >= 11 is 0. The van der Waals surface area contributed by atoms with Crippen LogP contribution in [0.4, 0.5) is 5.69 Å². The van der Waals surface area contributed by atoms with E-state index in [-0.39, 0.29) is 46.7 Å². The second-order valence-electron chi connectivity index (χ2n) is 13.9. The molecule has 8 atom stereocenters. The Bertz CT molecular complexity index is 1510. The highest BCUT2D eigenvalue weighted by atomic mass is 16.3. The van der Waals surface area contributed by atoms with E-state index in [4.69, 9.17) is 12.2 Å². The first kappa shape index (κ1) is 26.4. The van der Waals surface area contributed by atoms with Gasteiger partial charge in [-0.1, -0.05) is 49.6 Å². The lowest BCUT2D eigenvalue weighted by Gasteiger charge is -2.58. The van der Waals surface area contributed by atoms with Crippen molar-refractivity contribution in [3.8, 4) is 18.4 Å². The lowest BCUT2D eigenvalue weighted by atomic mass is 9.47. The topological polar surface area (TPSA) is 102 Å². The second-order valence-corrected chi connectivity index (χ2v) is 13.9. The number of hydrogen-bond acceptors (Lipinski definition) is 5. The first-order valence-electron chi connectivity index (χ1n) is 15.3. The quantitative estimate of drug-likeness (QED) is 0.356. The Kier molecular flexibility index (Phi) is 5.80. The number of nitriles is 1. The van der Waals surface area contributed by atoms with E-state index in [1.807, 2.05) is 30.3 Å². The van der Waals surface area contributed by atoms with E-state index in [2.05, 4.69) is 37.2 Å². The van der Waals surface area contributed by atoms with Crippen LogP contribution in [0.15, 0.2) is 59.1 Å². The van der Waals surface area contributed by atoms with E-state index in [9.17, 15) is 15.2 Å². The summed E-state index contributed by atoms with van der Waals surface area (Å²) in [6.45, 7) is 5.07. The van der Waals surface area contributed by atoms with Gasteiger partial charge in [0.2, 0.25) is 5.91 Å². The van der Waals surface area contributed by atoms with Crippen molar-refractivity contribution in [3.63, 3.8) is 0 Å². The van der Waals surface area contributed by atoms with Crippen molar-refractivity contribution in [2.24, 2.45) is 40.2 Å². The highest BCUT2D eigenvalue weighted by molar-refractivity contribution is 6.13. The molecule has 0 saturated heterocycles. The van der Waals surface area contributed by atoms with Crippen LogP contribution in [0.25, 0.3) is 0 Å². The fourth-order valence-corrected chi connectivity index (χ4v) is 10.4. The number of carbonyl (C=O) groups is 1. The van der Waals surface area contributed by atoms with Gasteiger partial charge in [-0.05, 0) is 92.1 Å². The fraction of sp³-hybridized carbons (Fsp3) is 0.543. The summed E-state index contributed by atoms with van der Waals surface area (Å²) in [7, 11) is 0. The predicted molar refractivity (Wildman–Crippen MR) is 159 cm³/mol. The summed E-state index contributed by atoms with van der Waals surface area (Å²) < 4.78 is 0. The maximum atomic E-state index is 14.2. The van der Waals surface area contributed by atoms with E-state index >= 15 is 0 Å². The zero-order chi connectivity index (χ0) is 28.7. The highest BCUT2D eigenvalue weighted by Crippen LogP contribution is 2.67. The number of allylic oxidation sites excluding steroid dienone is 2. The lowest BCUT2D eigenvalue weighted by molar-refractivity contribution is -0.120. The Hall–Kier alpha value is -3.48. The summed E-state index contributed by atoms with van der Waals surface area (Å²) in [4.78, 5) is 15.9. The number of nitrogens with one attached hydrogen (secondary N) is 1. The number of aliphatic hydroxyl groups is 1. The molecule has 1 spiro atoms. The number of aliphatic hydroxyl groups excluding tert-OH is 1. The van der Waals surface area contributed by atoms with Crippen molar-refractivity contribution in [1.82, 2.24) is 5.32 Å². The van der Waals surface area contributed by atoms with E-state index in [0.29, 0.717) is 17.8 Å². The SMILES string of the molecule is C#CCN1C(=O)C2(C=C([C@H]3CC[C@H]4[C@@H]5CC=C6C[C@@H](O)CC[C@]6(C)[C@H]5CC[C@]34C)NC(N)=C2C#N)c2ccccc21. The van der Waals surface area contributed by atoms with E-state index in [0.717, 1.165) is 61.9 Å². The van der Waals surface area contributed by atoms with Crippen molar-refractivity contribution in [1.29, 1.82) is 5.26 Å². The van der Waals surface area contributed by atoms with Crippen molar-refractivity contribution in [3.05, 3.63) is 64.6 Å². The van der Waals surface area contributed by atoms with Gasteiger partial charge >= 0.3 is 0 Å². The fourth-order valence-electron chi connectivity index (χ4n) is 10.4. The number of nitrogens with zero attached hydrogens (tertiary/aromatic N) is 2. The smallest absolute Gasteiger partial charge is 0.247 e. The molecule has 6 heteroatoms. The van der Waals surface area contributed by atoms with Gasteiger partial charge in [0, 0.05) is 22.9 Å². The van der Waals surface area contributed by atoms with Crippen LogP contribution < -0.4 is 16.0 Å². The predicted octanol–water partition coefficient (Wildman–Crippen LogP) is 5.03. The lowest BCUT2D eigenvalue weighted by Crippen LogP contribution is -2.51. The van der Waals surface area contributed by atoms with E-state index < -0.39 is 5.41 Å². The van der Waals surface area contributed by atoms with Crippen molar-refractivity contribution < 1.29 is 9.90 Å². The normalized spacial score (nSPS) is 40.9. The molecule has 212 valence electrons. The van der Waals surface area contributed by atoms with Crippen LogP contribution >= 0.6 is 0 Å². The molecule has 4 N–H and O–H groups in total. The van der Waals surface area contributed by atoms with Crippen LogP contribution in [0.1, 0.15) is 70.8 Å². The molecular formula is C35H40N4O2. The first-order chi connectivity index (χ1) is 19.7. The molecule has 1 aromatic rings. The van der Waals surface area contributed by atoms with Crippen LogP contribution in [0.2, 0.25) is 0 Å². The number of fused-ring (bicyclic) bond motifs is 7. The molecular weight excluding hydrogens is 508 g/mol. The molecule has 41 heavy (non-hydrogen) atoms. The largest absolute Gasteiger partial charge is 0.393 e. The summed E-state index contributed by atoms with van der Waals surface area (Å²) in [6, 6.07) is 9.95. The van der Waals surface area contributed by atoms with Gasteiger partial charge in [-0.3, -0.25) is 9.69 Å². The molecule has 1 aromatic carbocycles. The second kappa shape index (κ2) is 9.01. The molecule has 7 rings (SSSR count). The van der Waals surface area contributed by atoms with Crippen molar-refractivity contribution in [2.75, 3.05) is 11.4 Å². The van der Waals surface area contributed by atoms with Gasteiger partial charge < -0.3 is 16.2 Å². The first-order valence-corrected chi connectivity index (χ1v) is 15.3. The van der Waals surface area contributed by atoms with Crippen LogP contribution in [0.3, 0.4) is 0 Å². The Morgan fingerprint density at radius 1 is 1.17 bits per heavy atom. The van der Waals surface area contributed by atoms with Gasteiger partial charge in [0.05, 0.1) is 18.2 Å². The molecule has 2 aliphatic heterocycles. The van der Waals surface area contributed by atoms with Crippen molar-refractivity contribution >= 4 is 11.6 Å². The minimum absolute atomic E-state index is 0.0706. The summed E-state index contributed by atoms with van der Waals surface area (Å²) in [5.74, 6) is 4.79. The minimum Gasteiger partial charge on any atom is -0.393 e. The number of dihydropyridines is 1. The average Bonchev–Trinajstić information content (AvgIpc) is 3.42. The van der Waals surface area contributed by atoms with Gasteiger partial charge in [0.15, 0.2) is 0 Å². The number of nitrogens with two attached hydrogens (primary N) is 1. The van der Waals surface area contributed by atoms with Crippen LogP contribution in [-0.4, -0.2) is 23.7 Å². The number of terminal acetylenes is 1. The summed E-state index contributed by atoms with van der Waals surface area (Å²) in [5, 5.41) is 24.1. The van der Waals surface area contributed by atoms with Crippen molar-refractivity contribution in [2.45, 2.75) is 76.7 Å². The van der Waals surface area contributed by atoms with E-state index in [1.54, 1.807) is 4.90 Å². The number of benzene rings is 1. The molecule has 2 heterocycles. The summed E-state index contributed by atoms with van der Waals surface area (Å²) in [5.41, 5.74) is 9.88. The van der Waals surface area contributed by atoms with E-state index in [1.165, 1.54) is 12.0 Å². The molecule has 1 amide bonds. The van der Waals surface area contributed by atoms with Gasteiger partial charge in [-0.2, -0.15) is 5.26 Å². The maximum absolute atomic E-state index is 14.2. The van der Waals surface area contributed by atoms with Crippen LogP contribution in [0.5, 0.6) is 0 Å². The third-order valence-corrected chi connectivity index (χ3v) is 12.3. The molecule has 4 aliphatic carbocycles. The molecule has 0 radical (unpaired) electrons. The third kappa shape index (κ3) is 3.38. The van der Waals surface area contributed by atoms with Gasteiger partial charge in [-0.25, -0.2) is 0 Å². The Morgan fingerprint density at radius 2 is 1.98 bits per heavy atom. The number of anilines is 1. The maximum Gasteiger partial charge on any atom is 0.247 e. The van der Waals surface area contributed by atoms with Gasteiger partial charge in [0.1, 0.15) is 17.3 Å². The van der Waals surface area contributed by atoms with Gasteiger partial charge in [-0.15, -0.1) is 6.42 Å². The number of para-hydroxylation sites is 1. The molecule has 6 nitrogen and oxygen atoms in total. The van der Waals surface area contributed by atoms with Gasteiger partial charge in [0.25, 0.3) is 0 Å². The Labute approximate surface area is 243 Å². The molecule has 6 aliphatic rings. The highest BCUT2D eigenvalue weighted by Gasteiger charge is 2.61. The number of rotatable bonds is 2. The Morgan fingerprint density at radius 3 is 2.76 bits per heavy atom. The molecule has 1 unspecified atom stereocenters. The number of carbonyl (C=O) groups excluding carboxylic acids is 1. The van der Waals surface area contributed by atoms with Crippen LogP contribution in [-0.2, 0) is 10.2 Å². The standard InChI is InChI=1S/C35H40N4O2/c1-4-17-39-30-8-6-5-7-27(30)35(32(39)41)19-29(38-31(37)28(35)20-36)26-12-11-24-23-10-9-21-18-22(40)13-15-33(21,2)25(23)14-16-34(24,26)3/h1,5-9,19,22-26,38,40H,10-18,37H2,2-3H3/t22-,23-,24-,25-,26+,33-,34-,35?/m0/s1. The monoisotopic (exact) mass is 548 g/mol. The average molecular weight is 549 g/mol. The Balaban J connectivity index is 1.28. The molecule has 3 fully saturated rings. The minimum atomic E-state index is -1.27. The summed E-state index contributed by atoms with van der Waals surface area (Å²) in [6.07, 6.45) is 18.4. The number of amides is 1. The molecule has 3 saturated carbocycles. The molecule has 0 aromatic heterocycles.